The van der Waals surface area contributed by atoms with Crippen molar-refractivity contribution in [3.05, 3.63) is 98.4 Å². The summed E-state index contributed by atoms with van der Waals surface area (Å²) >= 11 is 4.39. The van der Waals surface area contributed by atoms with E-state index in [0.29, 0.717) is 15.1 Å². The summed E-state index contributed by atoms with van der Waals surface area (Å²) in [5.74, 6) is -0.0852. The number of thioether (sulfide) groups is 1. The molecule has 0 spiro atoms. The molecule has 1 aliphatic heterocycles. The minimum Gasteiger partial charge on any atom is -0.483 e. The summed E-state index contributed by atoms with van der Waals surface area (Å²) < 4.78 is 6.29. The van der Waals surface area contributed by atoms with E-state index in [1.165, 1.54) is 4.90 Å². The summed E-state index contributed by atoms with van der Waals surface area (Å²) in [5, 5.41) is 2.54. The van der Waals surface area contributed by atoms with Crippen LogP contribution in [0, 0.1) is 13.8 Å². The maximum absolute atomic E-state index is 12.8. The van der Waals surface area contributed by atoms with Crippen LogP contribution < -0.4 is 10.1 Å². The van der Waals surface area contributed by atoms with Gasteiger partial charge in [0.15, 0.2) is 6.61 Å². The van der Waals surface area contributed by atoms with Crippen LogP contribution in [0.4, 0.5) is 10.5 Å². The van der Waals surface area contributed by atoms with Gasteiger partial charge in [0.2, 0.25) is 0 Å². The topological polar surface area (TPSA) is 75.7 Å². The quantitative estimate of drug-likeness (QED) is 0.348. The van der Waals surface area contributed by atoms with E-state index in [1.807, 2.05) is 62.4 Å². The molecule has 3 amide bonds. The lowest BCUT2D eigenvalue weighted by Gasteiger charge is -2.12. The third kappa shape index (κ3) is 6.21. The Hall–Kier alpha value is -3.36. The van der Waals surface area contributed by atoms with Crippen molar-refractivity contribution in [1.82, 2.24) is 4.90 Å². The van der Waals surface area contributed by atoms with Crippen molar-refractivity contribution in [3.8, 4) is 5.75 Å². The van der Waals surface area contributed by atoms with E-state index in [1.54, 1.807) is 24.3 Å². The molecule has 3 aromatic rings. The molecule has 1 saturated heterocycles. The van der Waals surface area contributed by atoms with Crippen molar-refractivity contribution in [2.24, 2.45) is 0 Å². The third-order valence-electron chi connectivity index (χ3n) is 5.33. The lowest BCUT2D eigenvalue weighted by atomic mass is 10.1. The van der Waals surface area contributed by atoms with Gasteiger partial charge in [0.05, 0.1) is 15.9 Å². The molecule has 35 heavy (non-hydrogen) atoms. The van der Waals surface area contributed by atoms with Gasteiger partial charge in [0.25, 0.3) is 17.1 Å². The van der Waals surface area contributed by atoms with Gasteiger partial charge in [-0.05, 0) is 82.5 Å². The standard InChI is InChI=1S/C27H23BrN2O4S/c1-17-6-5-8-20(12-17)15-30-26(32)24(35-27(30)33)14-19-10-11-23(21(28)13-19)34-16-25(31)29-22-9-4-3-7-18(22)2/h3-14H,15-16H2,1-2H3,(H,29,31)/b24-14-. The second-order valence-corrected chi connectivity index (χ2v) is 9.95. The Kier molecular flexibility index (Phi) is 7.73. The number of para-hydroxylation sites is 1. The summed E-state index contributed by atoms with van der Waals surface area (Å²) in [4.78, 5) is 39.2. The Labute approximate surface area is 216 Å². The number of carbonyl (C=O) groups excluding carboxylic acids is 3. The van der Waals surface area contributed by atoms with Crippen LogP contribution in [0.3, 0.4) is 0 Å². The third-order valence-corrected chi connectivity index (χ3v) is 6.86. The monoisotopic (exact) mass is 550 g/mol. The molecular weight excluding hydrogens is 528 g/mol. The highest BCUT2D eigenvalue weighted by Gasteiger charge is 2.35. The van der Waals surface area contributed by atoms with E-state index in [4.69, 9.17) is 4.74 Å². The number of benzene rings is 3. The molecular formula is C27H23BrN2O4S. The molecule has 0 bridgehead atoms. The van der Waals surface area contributed by atoms with Crippen LogP contribution in [0.2, 0.25) is 0 Å². The Bertz CT molecular complexity index is 1340. The van der Waals surface area contributed by atoms with Crippen LogP contribution in [0.5, 0.6) is 5.75 Å². The van der Waals surface area contributed by atoms with Crippen LogP contribution in [-0.4, -0.2) is 28.6 Å². The van der Waals surface area contributed by atoms with Crippen molar-refractivity contribution >= 4 is 56.5 Å². The molecule has 0 aromatic heterocycles. The molecule has 1 N–H and O–H groups in total. The van der Waals surface area contributed by atoms with Crippen LogP contribution >= 0.6 is 27.7 Å². The number of nitrogens with one attached hydrogen (secondary N) is 1. The van der Waals surface area contributed by atoms with Crippen LogP contribution in [0.15, 0.2) is 76.1 Å². The number of rotatable bonds is 7. The Morgan fingerprint density at radius 3 is 2.60 bits per heavy atom. The first-order valence-corrected chi connectivity index (χ1v) is 12.5. The molecule has 0 unspecified atom stereocenters. The van der Waals surface area contributed by atoms with Crippen LogP contribution in [0.25, 0.3) is 6.08 Å². The number of ether oxygens (including phenoxy) is 1. The van der Waals surface area contributed by atoms with Gasteiger partial charge in [-0.15, -0.1) is 0 Å². The van der Waals surface area contributed by atoms with Gasteiger partial charge >= 0.3 is 0 Å². The Morgan fingerprint density at radius 1 is 1.06 bits per heavy atom. The van der Waals surface area contributed by atoms with Crippen LogP contribution in [-0.2, 0) is 16.1 Å². The fourth-order valence-corrected chi connectivity index (χ4v) is 4.90. The highest BCUT2D eigenvalue weighted by atomic mass is 79.9. The van der Waals surface area contributed by atoms with Gasteiger partial charge in [0, 0.05) is 5.69 Å². The maximum atomic E-state index is 12.8. The number of nitrogens with zero attached hydrogens (tertiary/aromatic N) is 1. The predicted molar refractivity (Wildman–Crippen MR) is 142 cm³/mol. The van der Waals surface area contributed by atoms with E-state index in [0.717, 1.165) is 39.7 Å². The van der Waals surface area contributed by atoms with Crippen molar-refractivity contribution < 1.29 is 19.1 Å². The maximum Gasteiger partial charge on any atom is 0.293 e. The molecule has 178 valence electrons. The summed E-state index contributed by atoms with van der Waals surface area (Å²) in [5.41, 5.74) is 4.42. The molecule has 6 nitrogen and oxygen atoms in total. The first kappa shape index (κ1) is 24.8. The highest BCUT2D eigenvalue weighted by Crippen LogP contribution is 2.34. The lowest BCUT2D eigenvalue weighted by Crippen LogP contribution is -2.27. The fourth-order valence-electron chi connectivity index (χ4n) is 3.55. The molecule has 3 aromatic carbocycles. The smallest absolute Gasteiger partial charge is 0.293 e. The molecule has 4 rings (SSSR count). The normalized spacial score (nSPS) is 14.5. The average molecular weight is 551 g/mol. The van der Waals surface area contributed by atoms with Gasteiger partial charge in [-0.3, -0.25) is 19.3 Å². The molecule has 1 aliphatic rings. The molecule has 0 radical (unpaired) electrons. The Balaban J connectivity index is 1.39. The minimum absolute atomic E-state index is 0.149. The summed E-state index contributed by atoms with van der Waals surface area (Å²) in [6.45, 7) is 3.98. The number of hydrogen-bond donors (Lipinski definition) is 1. The van der Waals surface area contributed by atoms with Gasteiger partial charge in [-0.1, -0.05) is 54.1 Å². The second kappa shape index (κ2) is 10.9. The van der Waals surface area contributed by atoms with Crippen molar-refractivity contribution in [2.75, 3.05) is 11.9 Å². The molecule has 1 heterocycles. The lowest BCUT2D eigenvalue weighted by molar-refractivity contribution is -0.123. The number of amides is 3. The number of anilines is 1. The first-order chi connectivity index (χ1) is 16.8. The van der Waals surface area contributed by atoms with E-state index in [2.05, 4.69) is 21.2 Å². The zero-order valence-electron chi connectivity index (χ0n) is 19.2. The van der Waals surface area contributed by atoms with E-state index >= 15 is 0 Å². The molecule has 1 fully saturated rings. The van der Waals surface area contributed by atoms with Gasteiger partial charge < -0.3 is 10.1 Å². The van der Waals surface area contributed by atoms with Crippen molar-refractivity contribution in [2.45, 2.75) is 20.4 Å². The first-order valence-electron chi connectivity index (χ1n) is 10.9. The number of aryl methyl sites for hydroxylation is 2. The zero-order valence-corrected chi connectivity index (χ0v) is 21.6. The molecule has 0 atom stereocenters. The largest absolute Gasteiger partial charge is 0.483 e. The second-order valence-electron chi connectivity index (χ2n) is 8.10. The van der Waals surface area contributed by atoms with E-state index < -0.39 is 0 Å². The average Bonchev–Trinajstić information content (AvgIpc) is 3.07. The summed E-state index contributed by atoms with van der Waals surface area (Å²) in [7, 11) is 0. The number of hydrogen-bond acceptors (Lipinski definition) is 5. The molecule has 8 heteroatoms. The summed E-state index contributed by atoms with van der Waals surface area (Å²) in [6.07, 6.45) is 1.68. The molecule has 0 saturated carbocycles. The summed E-state index contributed by atoms with van der Waals surface area (Å²) in [6, 6.07) is 20.5. The van der Waals surface area contributed by atoms with Crippen molar-refractivity contribution in [1.29, 1.82) is 0 Å². The number of halogens is 1. The fraction of sp³-hybridized carbons (Fsp3) is 0.148. The molecule has 0 aliphatic carbocycles. The SMILES string of the molecule is Cc1cccc(CN2C(=O)S/C(=C\c3ccc(OCC(=O)Nc4ccccc4C)c(Br)c3)C2=O)c1. The van der Waals surface area contributed by atoms with E-state index in [-0.39, 0.29) is 30.2 Å². The Morgan fingerprint density at radius 2 is 1.86 bits per heavy atom. The van der Waals surface area contributed by atoms with Crippen molar-refractivity contribution in [3.63, 3.8) is 0 Å². The number of carbonyl (C=O) groups is 3. The van der Waals surface area contributed by atoms with Crippen LogP contribution in [0.1, 0.15) is 22.3 Å². The van der Waals surface area contributed by atoms with Gasteiger partial charge in [0.1, 0.15) is 5.75 Å². The van der Waals surface area contributed by atoms with Gasteiger partial charge in [-0.2, -0.15) is 0 Å². The predicted octanol–water partition coefficient (Wildman–Crippen LogP) is 6.32. The van der Waals surface area contributed by atoms with E-state index in [9.17, 15) is 14.4 Å². The minimum atomic E-state index is -0.314. The van der Waals surface area contributed by atoms with Gasteiger partial charge in [-0.25, -0.2) is 0 Å². The zero-order chi connectivity index (χ0) is 24.9. The number of imide groups is 1. The highest BCUT2D eigenvalue weighted by molar-refractivity contribution is 9.10.